The Hall–Kier alpha value is 0.679. The van der Waals surface area contributed by atoms with Crippen molar-refractivity contribution in [1.82, 2.24) is 0 Å². The van der Waals surface area contributed by atoms with Crippen molar-refractivity contribution in [1.29, 1.82) is 0 Å². The Morgan fingerprint density at radius 1 is 0.611 bits per heavy atom. The van der Waals surface area contributed by atoms with Crippen LogP contribution in [-0.2, 0) is 0 Å². The molecule has 0 heterocycles. The molecule has 0 bridgehead atoms. The zero-order valence-corrected chi connectivity index (χ0v) is 15.6. The molecule has 0 amide bonds. The Kier molecular flexibility index (Phi) is 64.9. The average Bonchev–Trinajstić information content (AvgIpc) is 2.35. The van der Waals surface area contributed by atoms with Gasteiger partial charge in [-0.15, -0.1) is 19.8 Å². The first-order valence-electron chi connectivity index (χ1n) is 7.05. The van der Waals surface area contributed by atoms with E-state index in [9.17, 15) is 15.3 Å². The standard InChI is InChI=1S/3C4H9O.C2H5.Sn/c3*1-2-3-4-5;1-2;/h3*2-4H2,1H3;1H2,2H3;/q3*-1;;+3. The second-order valence-corrected chi connectivity index (χ2v) is 5.54. The molecule has 4 heteroatoms. The second kappa shape index (κ2) is 43.1. The van der Waals surface area contributed by atoms with E-state index in [0.29, 0.717) is 0 Å². The number of rotatable bonds is 6. The fraction of sp³-hybridized carbons (Fsp3) is 1.00. The summed E-state index contributed by atoms with van der Waals surface area (Å²) in [6.45, 7) is 8.48. The minimum absolute atomic E-state index is 0.0938. The molecule has 0 aliphatic carbocycles. The van der Waals surface area contributed by atoms with Crippen molar-refractivity contribution in [3.05, 3.63) is 0 Å². The van der Waals surface area contributed by atoms with Gasteiger partial charge in [0.15, 0.2) is 0 Å². The van der Waals surface area contributed by atoms with Gasteiger partial charge >= 0.3 is 33.9 Å². The molecule has 0 aromatic heterocycles. The van der Waals surface area contributed by atoms with E-state index >= 15 is 0 Å². The molecule has 110 valence electrons. The zero-order chi connectivity index (χ0) is 15.1. The minimum atomic E-state index is 0.0938. The second-order valence-electron chi connectivity index (χ2n) is 3.53. The van der Waals surface area contributed by atoms with Crippen molar-refractivity contribution in [3.8, 4) is 0 Å². The Balaban J connectivity index is -0.0000000739. The third-order valence-corrected chi connectivity index (χ3v) is 1.49. The van der Waals surface area contributed by atoms with E-state index in [4.69, 9.17) is 0 Å². The van der Waals surface area contributed by atoms with Crippen molar-refractivity contribution >= 4 is 22.5 Å². The van der Waals surface area contributed by atoms with Crippen LogP contribution in [0.25, 0.3) is 0 Å². The normalized spacial score (nSPS) is 8.06. The van der Waals surface area contributed by atoms with E-state index in [1.807, 2.05) is 20.8 Å². The van der Waals surface area contributed by atoms with Crippen molar-refractivity contribution < 1.29 is 15.3 Å². The summed E-state index contributed by atoms with van der Waals surface area (Å²) >= 11 is 1.64. The molecule has 0 fully saturated rings. The quantitative estimate of drug-likeness (QED) is 0.659. The number of hydrogen-bond acceptors (Lipinski definition) is 3. The summed E-state index contributed by atoms with van der Waals surface area (Å²) in [6, 6.07) is 0. The number of unbranched alkanes of at least 4 members (excludes halogenated alkanes) is 3. The van der Waals surface area contributed by atoms with Crippen molar-refractivity contribution in [3.63, 3.8) is 0 Å². The van der Waals surface area contributed by atoms with E-state index in [-0.39, 0.29) is 19.8 Å². The molecule has 0 radical (unpaired) electrons. The van der Waals surface area contributed by atoms with Crippen LogP contribution in [-0.4, -0.2) is 42.3 Å². The molecular formula is C14H32O3Sn. The van der Waals surface area contributed by atoms with Crippen LogP contribution in [0.4, 0.5) is 0 Å². The molecule has 0 N–H and O–H groups in total. The molecular weight excluding hydrogens is 335 g/mol. The van der Waals surface area contributed by atoms with Gasteiger partial charge in [-0.3, -0.25) is 0 Å². The van der Waals surface area contributed by atoms with Gasteiger partial charge in [-0.25, -0.2) is 0 Å². The van der Waals surface area contributed by atoms with Crippen LogP contribution < -0.4 is 15.3 Å². The van der Waals surface area contributed by atoms with E-state index < -0.39 is 0 Å². The third-order valence-electron chi connectivity index (χ3n) is 1.49. The van der Waals surface area contributed by atoms with Crippen LogP contribution in [0, 0.1) is 0 Å². The molecule has 0 saturated heterocycles. The third kappa shape index (κ3) is 91.9. The van der Waals surface area contributed by atoms with E-state index in [1.165, 1.54) is 4.44 Å². The fourth-order valence-corrected chi connectivity index (χ4v) is 0.433. The van der Waals surface area contributed by atoms with Gasteiger partial charge in [0.05, 0.1) is 0 Å². The molecule has 0 unspecified atom stereocenters. The number of hydrogen-bond donors (Lipinski definition) is 0. The van der Waals surface area contributed by atoms with Crippen molar-refractivity contribution in [2.75, 3.05) is 19.8 Å². The summed E-state index contributed by atoms with van der Waals surface area (Å²) < 4.78 is 1.34. The van der Waals surface area contributed by atoms with Crippen molar-refractivity contribution in [2.45, 2.75) is 70.7 Å². The van der Waals surface area contributed by atoms with Gasteiger partial charge in [0.25, 0.3) is 0 Å². The van der Waals surface area contributed by atoms with Crippen LogP contribution in [0.1, 0.15) is 66.2 Å². The summed E-state index contributed by atoms with van der Waals surface area (Å²) in [4.78, 5) is 0. The van der Waals surface area contributed by atoms with E-state index in [0.717, 1.165) is 38.5 Å². The molecule has 0 aromatic rings. The van der Waals surface area contributed by atoms with Gasteiger partial charge in [0.1, 0.15) is 0 Å². The molecule has 18 heavy (non-hydrogen) atoms. The Bertz CT molecular complexity index is 63.2. The van der Waals surface area contributed by atoms with Gasteiger partial charge in [-0.05, 0) is 0 Å². The van der Waals surface area contributed by atoms with E-state index in [1.54, 1.807) is 22.5 Å². The molecule has 0 spiro atoms. The SMILES string of the molecule is CCCC[O-].CCCC[O-].CCCC[O-].C[CH2][Sn+3]. The molecule has 0 atom stereocenters. The maximum atomic E-state index is 9.53. The summed E-state index contributed by atoms with van der Waals surface area (Å²) in [5.74, 6) is 0. The Morgan fingerprint density at radius 2 is 0.778 bits per heavy atom. The van der Waals surface area contributed by atoms with Crippen LogP contribution in [0.2, 0.25) is 4.44 Å². The Labute approximate surface area is 128 Å². The molecule has 0 saturated carbocycles. The summed E-state index contributed by atoms with van der Waals surface area (Å²) in [5.41, 5.74) is 0. The maximum absolute atomic E-state index is 9.53. The molecule has 0 aliphatic rings. The summed E-state index contributed by atoms with van der Waals surface area (Å²) in [6.07, 6.45) is 5.59. The average molecular weight is 367 g/mol. The summed E-state index contributed by atoms with van der Waals surface area (Å²) in [7, 11) is 0. The van der Waals surface area contributed by atoms with Crippen LogP contribution in [0.5, 0.6) is 0 Å². The first-order chi connectivity index (χ1) is 8.66. The van der Waals surface area contributed by atoms with Gasteiger partial charge < -0.3 is 15.3 Å². The fourth-order valence-electron chi connectivity index (χ4n) is 0.433. The molecule has 3 nitrogen and oxygen atoms in total. The Morgan fingerprint density at radius 3 is 0.778 bits per heavy atom. The van der Waals surface area contributed by atoms with Gasteiger partial charge in [-0.1, -0.05) is 59.3 Å². The first kappa shape index (κ1) is 27.1. The molecule has 0 aromatic carbocycles. The zero-order valence-electron chi connectivity index (χ0n) is 12.8. The van der Waals surface area contributed by atoms with Gasteiger partial charge in [-0.2, -0.15) is 0 Å². The van der Waals surface area contributed by atoms with Crippen LogP contribution in [0.15, 0.2) is 0 Å². The predicted octanol–water partition coefficient (Wildman–Crippen LogP) is 1.03. The predicted molar refractivity (Wildman–Crippen MR) is 75.6 cm³/mol. The monoisotopic (exact) mass is 368 g/mol. The van der Waals surface area contributed by atoms with E-state index in [2.05, 4.69) is 6.92 Å². The molecule has 0 rings (SSSR count). The molecule has 0 aliphatic heterocycles. The van der Waals surface area contributed by atoms with Crippen LogP contribution >= 0.6 is 0 Å². The topological polar surface area (TPSA) is 69.2 Å². The van der Waals surface area contributed by atoms with Gasteiger partial charge in [0.2, 0.25) is 0 Å². The first-order valence-corrected chi connectivity index (χ1v) is 9.07. The summed E-state index contributed by atoms with van der Waals surface area (Å²) in [5, 5.41) is 28.6. The van der Waals surface area contributed by atoms with Gasteiger partial charge in [0, 0.05) is 0 Å². The van der Waals surface area contributed by atoms with Crippen LogP contribution in [0.3, 0.4) is 0 Å². The van der Waals surface area contributed by atoms with Crippen molar-refractivity contribution in [2.24, 2.45) is 0 Å².